The monoisotopic (exact) mass is 284 g/mol. The summed E-state index contributed by atoms with van der Waals surface area (Å²) in [6.07, 6.45) is 1.14. The third kappa shape index (κ3) is 4.84. The summed E-state index contributed by atoms with van der Waals surface area (Å²) >= 11 is 0. The molecule has 0 heterocycles. The molecule has 21 heavy (non-hydrogen) atoms. The van der Waals surface area contributed by atoms with Crippen LogP contribution in [0.25, 0.3) is 0 Å². The fourth-order valence-electron chi connectivity index (χ4n) is 1.75. The van der Waals surface area contributed by atoms with Crippen molar-refractivity contribution in [3.63, 3.8) is 0 Å². The molecule has 1 atom stereocenters. The number of para-hydroxylation sites is 1. The van der Waals surface area contributed by atoms with Crippen molar-refractivity contribution in [2.45, 2.75) is 26.4 Å². The normalized spacial score (nSPS) is 11.5. The van der Waals surface area contributed by atoms with E-state index in [0.717, 1.165) is 23.5 Å². The number of hydrogen-bond acceptors (Lipinski definition) is 2. The molecule has 2 aromatic carbocycles. The quantitative estimate of drug-likeness (QED) is 0.848. The number of urea groups is 1. The molecule has 4 nitrogen and oxygen atoms in total. The summed E-state index contributed by atoms with van der Waals surface area (Å²) in [5, 5.41) is 5.54. The Morgan fingerprint density at radius 2 is 1.57 bits per heavy atom. The van der Waals surface area contributed by atoms with Crippen molar-refractivity contribution in [2.75, 3.05) is 10.6 Å². The predicted molar refractivity (Wildman–Crippen MR) is 85.9 cm³/mol. The van der Waals surface area contributed by atoms with E-state index in [0.29, 0.717) is 0 Å². The minimum atomic E-state index is -0.267. The molecular formula is C17H20N2O2. The van der Waals surface area contributed by atoms with E-state index < -0.39 is 0 Å². The van der Waals surface area contributed by atoms with Crippen LogP contribution in [0.3, 0.4) is 0 Å². The van der Waals surface area contributed by atoms with Gasteiger partial charge in [-0.15, -0.1) is 0 Å². The minimum absolute atomic E-state index is 0.185. The molecule has 0 fully saturated rings. The Labute approximate surface area is 125 Å². The maximum atomic E-state index is 11.8. The number of rotatable bonds is 5. The summed E-state index contributed by atoms with van der Waals surface area (Å²) in [6.45, 7) is 4.11. The van der Waals surface area contributed by atoms with Crippen LogP contribution in [0.5, 0.6) is 5.75 Å². The topological polar surface area (TPSA) is 50.4 Å². The molecule has 2 N–H and O–H groups in total. The average molecular weight is 284 g/mol. The van der Waals surface area contributed by atoms with E-state index in [9.17, 15) is 4.79 Å². The second-order valence-electron chi connectivity index (χ2n) is 4.81. The Morgan fingerprint density at radius 3 is 2.14 bits per heavy atom. The van der Waals surface area contributed by atoms with Crippen LogP contribution in [0.1, 0.15) is 20.3 Å². The molecule has 0 aliphatic rings. The largest absolute Gasteiger partial charge is 0.491 e. The smallest absolute Gasteiger partial charge is 0.323 e. The SMILES string of the molecule is CC[C@H](C)Oc1ccc(NC(=O)Nc2ccccc2)cc1. The summed E-state index contributed by atoms with van der Waals surface area (Å²) in [5.41, 5.74) is 1.48. The first kappa shape index (κ1) is 14.9. The van der Waals surface area contributed by atoms with Crippen molar-refractivity contribution in [1.29, 1.82) is 0 Å². The number of ether oxygens (including phenoxy) is 1. The second-order valence-corrected chi connectivity index (χ2v) is 4.81. The molecule has 0 unspecified atom stereocenters. The molecule has 0 spiro atoms. The zero-order valence-electron chi connectivity index (χ0n) is 12.3. The van der Waals surface area contributed by atoms with Gasteiger partial charge in [-0.05, 0) is 49.7 Å². The first-order valence-corrected chi connectivity index (χ1v) is 7.07. The van der Waals surface area contributed by atoms with Gasteiger partial charge in [-0.3, -0.25) is 0 Å². The predicted octanol–water partition coefficient (Wildman–Crippen LogP) is 4.51. The Morgan fingerprint density at radius 1 is 1.00 bits per heavy atom. The second kappa shape index (κ2) is 7.33. The summed E-state index contributed by atoms with van der Waals surface area (Å²) in [4.78, 5) is 11.8. The number of carbonyl (C=O) groups excluding carboxylic acids is 1. The van der Waals surface area contributed by atoms with Gasteiger partial charge in [0.1, 0.15) is 5.75 Å². The maximum absolute atomic E-state index is 11.8. The Balaban J connectivity index is 1.89. The van der Waals surface area contributed by atoms with Crippen LogP contribution in [0, 0.1) is 0 Å². The number of anilines is 2. The molecule has 0 radical (unpaired) electrons. The highest BCUT2D eigenvalue weighted by Gasteiger charge is 2.04. The molecule has 4 heteroatoms. The van der Waals surface area contributed by atoms with E-state index in [2.05, 4.69) is 17.6 Å². The third-order valence-electron chi connectivity index (χ3n) is 3.06. The van der Waals surface area contributed by atoms with Crippen LogP contribution in [-0.2, 0) is 0 Å². The van der Waals surface area contributed by atoms with E-state index in [1.54, 1.807) is 0 Å². The number of benzene rings is 2. The van der Waals surface area contributed by atoms with Gasteiger partial charge in [0, 0.05) is 11.4 Å². The minimum Gasteiger partial charge on any atom is -0.491 e. The summed E-state index contributed by atoms with van der Waals surface area (Å²) < 4.78 is 5.69. The van der Waals surface area contributed by atoms with Crippen LogP contribution >= 0.6 is 0 Å². The van der Waals surface area contributed by atoms with Gasteiger partial charge in [-0.1, -0.05) is 25.1 Å². The molecule has 0 aliphatic carbocycles. The van der Waals surface area contributed by atoms with E-state index in [1.807, 2.05) is 61.5 Å². The molecule has 2 aromatic rings. The molecule has 110 valence electrons. The zero-order valence-corrected chi connectivity index (χ0v) is 12.3. The lowest BCUT2D eigenvalue weighted by Gasteiger charge is -2.13. The zero-order chi connectivity index (χ0) is 15.1. The Bertz CT molecular complexity index is 567. The van der Waals surface area contributed by atoms with Crippen LogP contribution in [0.15, 0.2) is 54.6 Å². The standard InChI is InChI=1S/C17H20N2O2/c1-3-13(2)21-16-11-9-15(10-12-16)19-17(20)18-14-7-5-4-6-8-14/h4-13H,3H2,1-2H3,(H2,18,19,20)/t13-/m0/s1. The van der Waals surface area contributed by atoms with E-state index >= 15 is 0 Å². The van der Waals surface area contributed by atoms with E-state index in [1.165, 1.54) is 0 Å². The Hall–Kier alpha value is -2.49. The summed E-state index contributed by atoms with van der Waals surface area (Å²) in [5.74, 6) is 0.804. The van der Waals surface area contributed by atoms with Gasteiger partial charge in [0.2, 0.25) is 0 Å². The van der Waals surface area contributed by atoms with Crippen LogP contribution in [0.4, 0.5) is 16.2 Å². The molecule has 0 bridgehead atoms. The molecule has 0 aromatic heterocycles. The summed E-state index contributed by atoms with van der Waals surface area (Å²) in [7, 11) is 0. The molecule has 0 aliphatic heterocycles. The molecule has 2 rings (SSSR count). The highest BCUT2D eigenvalue weighted by atomic mass is 16.5. The lowest BCUT2D eigenvalue weighted by Crippen LogP contribution is -2.19. The Kier molecular flexibility index (Phi) is 5.21. The highest BCUT2D eigenvalue weighted by Crippen LogP contribution is 2.18. The third-order valence-corrected chi connectivity index (χ3v) is 3.06. The van der Waals surface area contributed by atoms with Crippen molar-refractivity contribution >= 4 is 17.4 Å². The molecule has 0 saturated heterocycles. The fourth-order valence-corrected chi connectivity index (χ4v) is 1.75. The van der Waals surface area contributed by atoms with Gasteiger partial charge in [-0.2, -0.15) is 0 Å². The molecule has 2 amide bonds. The maximum Gasteiger partial charge on any atom is 0.323 e. The van der Waals surface area contributed by atoms with Gasteiger partial charge in [0.05, 0.1) is 6.10 Å². The highest BCUT2D eigenvalue weighted by molar-refractivity contribution is 5.99. The van der Waals surface area contributed by atoms with Crippen molar-refractivity contribution in [1.82, 2.24) is 0 Å². The molecule has 0 saturated carbocycles. The lowest BCUT2D eigenvalue weighted by atomic mass is 10.3. The van der Waals surface area contributed by atoms with Crippen LogP contribution in [0.2, 0.25) is 0 Å². The van der Waals surface area contributed by atoms with Crippen LogP contribution < -0.4 is 15.4 Å². The van der Waals surface area contributed by atoms with Crippen molar-refractivity contribution in [2.24, 2.45) is 0 Å². The van der Waals surface area contributed by atoms with Gasteiger partial charge >= 0.3 is 6.03 Å². The van der Waals surface area contributed by atoms with E-state index in [-0.39, 0.29) is 12.1 Å². The van der Waals surface area contributed by atoms with E-state index in [4.69, 9.17) is 4.74 Å². The van der Waals surface area contributed by atoms with Crippen molar-refractivity contribution in [3.05, 3.63) is 54.6 Å². The molecular weight excluding hydrogens is 264 g/mol. The number of carbonyl (C=O) groups is 1. The summed E-state index contributed by atoms with van der Waals surface area (Å²) in [6, 6.07) is 16.4. The van der Waals surface area contributed by atoms with Gasteiger partial charge in [0.25, 0.3) is 0 Å². The number of nitrogens with one attached hydrogen (secondary N) is 2. The fraction of sp³-hybridized carbons (Fsp3) is 0.235. The first-order valence-electron chi connectivity index (χ1n) is 7.07. The lowest BCUT2D eigenvalue weighted by molar-refractivity contribution is 0.217. The van der Waals surface area contributed by atoms with Gasteiger partial charge in [-0.25, -0.2) is 4.79 Å². The average Bonchev–Trinajstić information content (AvgIpc) is 2.50. The number of hydrogen-bond donors (Lipinski definition) is 2. The number of amides is 2. The van der Waals surface area contributed by atoms with Crippen LogP contribution in [-0.4, -0.2) is 12.1 Å². The van der Waals surface area contributed by atoms with Crippen molar-refractivity contribution < 1.29 is 9.53 Å². The van der Waals surface area contributed by atoms with Gasteiger partial charge in [0.15, 0.2) is 0 Å². The first-order chi connectivity index (χ1) is 10.2. The van der Waals surface area contributed by atoms with Crippen molar-refractivity contribution in [3.8, 4) is 5.75 Å². The van der Waals surface area contributed by atoms with Gasteiger partial charge < -0.3 is 15.4 Å².